The molecule has 0 saturated carbocycles. The molecule has 7 heteroatoms. The van der Waals surface area contributed by atoms with Gasteiger partial charge in [0.2, 0.25) is 0 Å². The van der Waals surface area contributed by atoms with E-state index < -0.39 is 0 Å². The molecule has 1 heterocycles. The number of aromatic nitrogens is 1. The molecule has 27 heavy (non-hydrogen) atoms. The van der Waals surface area contributed by atoms with Crippen molar-refractivity contribution in [3.63, 3.8) is 0 Å². The molecule has 0 spiro atoms. The van der Waals surface area contributed by atoms with Crippen molar-refractivity contribution in [2.75, 3.05) is 39.0 Å². The van der Waals surface area contributed by atoms with E-state index in [1.165, 1.54) is 16.2 Å². The number of fused-ring (bicyclic) bond motifs is 1. The second-order valence-electron chi connectivity index (χ2n) is 6.22. The standard InChI is InChI=1S/C20H23N3O2S2/c1-22(2)15-7-5-14(6-8-15)19(24)21-20-23(11-12-25-3)17-10-9-16(26-4)13-18(17)27-20/h5-10,13H,11-12H2,1-4H3. The number of anilines is 1. The van der Waals surface area contributed by atoms with Crippen LogP contribution in [0.2, 0.25) is 0 Å². The van der Waals surface area contributed by atoms with Gasteiger partial charge in [0, 0.05) is 43.9 Å². The SMILES string of the molecule is COCCn1c(=NC(=O)c2ccc(N(C)C)cc2)sc2cc(SC)ccc21. The minimum Gasteiger partial charge on any atom is -0.383 e. The van der Waals surface area contributed by atoms with E-state index in [0.29, 0.717) is 23.5 Å². The van der Waals surface area contributed by atoms with Gasteiger partial charge in [-0.2, -0.15) is 4.99 Å². The van der Waals surface area contributed by atoms with Gasteiger partial charge in [-0.15, -0.1) is 11.8 Å². The zero-order valence-corrected chi connectivity index (χ0v) is 17.6. The van der Waals surface area contributed by atoms with Gasteiger partial charge in [-0.05, 0) is 48.7 Å². The summed E-state index contributed by atoms with van der Waals surface area (Å²) in [7, 11) is 5.62. The number of carbonyl (C=O) groups excluding carboxylic acids is 1. The van der Waals surface area contributed by atoms with Crippen LogP contribution in [0.5, 0.6) is 0 Å². The Kier molecular flexibility index (Phi) is 6.36. The van der Waals surface area contributed by atoms with Crippen molar-refractivity contribution < 1.29 is 9.53 Å². The molecule has 0 aliphatic carbocycles. The molecule has 0 fully saturated rings. The number of carbonyl (C=O) groups is 1. The fourth-order valence-electron chi connectivity index (χ4n) is 2.72. The summed E-state index contributed by atoms with van der Waals surface area (Å²) in [4.78, 5) is 21.0. The van der Waals surface area contributed by atoms with Crippen molar-refractivity contribution in [3.8, 4) is 0 Å². The monoisotopic (exact) mass is 401 g/mol. The van der Waals surface area contributed by atoms with Crippen molar-refractivity contribution in [1.82, 2.24) is 4.57 Å². The number of thioether (sulfide) groups is 1. The maximum Gasteiger partial charge on any atom is 0.279 e. The third kappa shape index (κ3) is 4.43. The normalized spacial score (nSPS) is 11.9. The molecule has 0 aliphatic rings. The van der Waals surface area contributed by atoms with Crippen LogP contribution in [-0.4, -0.2) is 44.5 Å². The van der Waals surface area contributed by atoms with Gasteiger partial charge >= 0.3 is 0 Å². The Morgan fingerprint density at radius 3 is 2.59 bits per heavy atom. The first-order valence-corrected chi connectivity index (χ1v) is 10.6. The van der Waals surface area contributed by atoms with Gasteiger partial charge in [0.05, 0.1) is 16.8 Å². The molecule has 0 bridgehead atoms. The first-order valence-electron chi connectivity index (χ1n) is 8.56. The lowest BCUT2D eigenvalue weighted by Crippen LogP contribution is -2.19. The minimum atomic E-state index is -0.233. The Morgan fingerprint density at radius 2 is 1.96 bits per heavy atom. The molecule has 3 aromatic rings. The van der Waals surface area contributed by atoms with Crippen LogP contribution in [0, 0.1) is 0 Å². The molecule has 0 radical (unpaired) electrons. The fraction of sp³-hybridized carbons (Fsp3) is 0.300. The van der Waals surface area contributed by atoms with Crippen LogP contribution in [0.25, 0.3) is 10.2 Å². The number of hydrogen-bond acceptors (Lipinski definition) is 5. The van der Waals surface area contributed by atoms with Crippen molar-refractivity contribution in [2.45, 2.75) is 11.4 Å². The zero-order chi connectivity index (χ0) is 19.4. The molecule has 0 unspecified atom stereocenters. The zero-order valence-electron chi connectivity index (χ0n) is 15.9. The van der Waals surface area contributed by atoms with E-state index in [2.05, 4.69) is 34.0 Å². The molecular formula is C20H23N3O2S2. The lowest BCUT2D eigenvalue weighted by atomic mass is 10.2. The van der Waals surface area contributed by atoms with E-state index >= 15 is 0 Å². The van der Waals surface area contributed by atoms with Crippen LogP contribution < -0.4 is 9.70 Å². The van der Waals surface area contributed by atoms with Crippen LogP contribution in [0.4, 0.5) is 5.69 Å². The number of benzene rings is 2. The Bertz CT molecular complexity index is 1000. The Morgan fingerprint density at radius 1 is 1.22 bits per heavy atom. The third-order valence-corrected chi connectivity index (χ3v) is 6.00. The highest BCUT2D eigenvalue weighted by Crippen LogP contribution is 2.24. The third-order valence-electron chi connectivity index (χ3n) is 4.24. The number of nitrogens with zero attached hydrogens (tertiary/aromatic N) is 3. The maximum atomic E-state index is 12.7. The van der Waals surface area contributed by atoms with E-state index in [9.17, 15) is 4.79 Å². The van der Waals surface area contributed by atoms with E-state index in [0.717, 1.165) is 15.9 Å². The van der Waals surface area contributed by atoms with E-state index in [-0.39, 0.29) is 5.91 Å². The molecular weight excluding hydrogens is 378 g/mol. The summed E-state index contributed by atoms with van der Waals surface area (Å²) in [6.45, 7) is 1.22. The molecule has 5 nitrogen and oxygen atoms in total. The predicted octanol–water partition coefficient (Wildman–Crippen LogP) is 3.88. The number of thiazole rings is 1. The van der Waals surface area contributed by atoms with Crippen molar-refractivity contribution >= 4 is 44.9 Å². The number of hydrogen-bond donors (Lipinski definition) is 0. The van der Waals surface area contributed by atoms with Gasteiger partial charge in [0.25, 0.3) is 5.91 Å². The molecule has 2 aromatic carbocycles. The molecule has 0 aliphatic heterocycles. The fourth-order valence-corrected chi connectivity index (χ4v) is 4.33. The summed E-state index contributed by atoms with van der Waals surface area (Å²) >= 11 is 3.24. The van der Waals surface area contributed by atoms with E-state index in [1.807, 2.05) is 43.3 Å². The average Bonchev–Trinajstić information content (AvgIpc) is 3.02. The molecule has 1 amide bonds. The minimum absolute atomic E-state index is 0.233. The summed E-state index contributed by atoms with van der Waals surface area (Å²) in [5.74, 6) is -0.233. The summed E-state index contributed by atoms with van der Waals surface area (Å²) in [6, 6.07) is 13.8. The molecule has 0 saturated heterocycles. The maximum absolute atomic E-state index is 12.7. The van der Waals surface area contributed by atoms with Crippen molar-refractivity contribution in [2.24, 2.45) is 4.99 Å². The lowest BCUT2D eigenvalue weighted by Gasteiger charge is -2.11. The van der Waals surface area contributed by atoms with Crippen LogP contribution in [-0.2, 0) is 11.3 Å². The van der Waals surface area contributed by atoms with Crippen molar-refractivity contribution in [3.05, 3.63) is 52.8 Å². The topological polar surface area (TPSA) is 46.8 Å². The summed E-state index contributed by atoms with van der Waals surface area (Å²) in [5.41, 5.74) is 2.71. The molecule has 0 N–H and O–H groups in total. The number of methoxy groups -OCH3 is 1. The van der Waals surface area contributed by atoms with Gasteiger partial charge in [-0.1, -0.05) is 11.3 Å². The van der Waals surface area contributed by atoms with Gasteiger partial charge in [0.15, 0.2) is 4.80 Å². The highest BCUT2D eigenvalue weighted by Gasteiger charge is 2.10. The van der Waals surface area contributed by atoms with Gasteiger partial charge in [0.1, 0.15) is 0 Å². The van der Waals surface area contributed by atoms with Gasteiger partial charge < -0.3 is 14.2 Å². The van der Waals surface area contributed by atoms with Crippen LogP contribution in [0.3, 0.4) is 0 Å². The Balaban J connectivity index is 2.03. The Hall–Kier alpha value is -2.09. The largest absolute Gasteiger partial charge is 0.383 e. The smallest absolute Gasteiger partial charge is 0.279 e. The quantitative estimate of drug-likeness (QED) is 0.588. The van der Waals surface area contributed by atoms with Crippen LogP contribution in [0.1, 0.15) is 10.4 Å². The number of ether oxygens (including phenoxy) is 1. The lowest BCUT2D eigenvalue weighted by molar-refractivity contribution is 0.0997. The summed E-state index contributed by atoms with van der Waals surface area (Å²) in [5, 5.41) is 0. The first-order chi connectivity index (χ1) is 13.0. The van der Waals surface area contributed by atoms with Crippen LogP contribution >= 0.6 is 23.1 Å². The summed E-state index contributed by atoms with van der Waals surface area (Å²) in [6.07, 6.45) is 2.06. The van der Waals surface area contributed by atoms with Crippen LogP contribution in [0.15, 0.2) is 52.4 Å². The number of rotatable bonds is 6. The second kappa shape index (κ2) is 8.73. The highest BCUT2D eigenvalue weighted by atomic mass is 32.2. The highest BCUT2D eigenvalue weighted by molar-refractivity contribution is 7.98. The van der Waals surface area contributed by atoms with E-state index in [4.69, 9.17) is 4.74 Å². The molecule has 0 atom stereocenters. The van der Waals surface area contributed by atoms with E-state index in [1.54, 1.807) is 18.9 Å². The predicted molar refractivity (Wildman–Crippen MR) is 114 cm³/mol. The molecule has 1 aromatic heterocycles. The van der Waals surface area contributed by atoms with Gasteiger partial charge in [-0.25, -0.2) is 0 Å². The average molecular weight is 402 g/mol. The molecule has 3 rings (SSSR count). The van der Waals surface area contributed by atoms with Crippen molar-refractivity contribution in [1.29, 1.82) is 0 Å². The number of amides is 1. The second-order valence-corrected chi connectivity index (χ2v) is 8.11. The Labute approximate surface area is 167 Å². The molecule has 142 valence electrons. The first kappa shape index (κ1) is 19.7. The van der Waals surface area contributed by atoms with Gasteiger partial charge in [-0.3, -0.25) is 4.79 Å². The summed E-state index contributed by atoms with van der Waals surface area (Å²) < 4.78 is 8.41.